The Labute approximate surface area is 95.7 Å². The number of rotatable bonds is 4. The van der Waals surface area contributed by atoms with E-state index in [0.717, 1.165) is 23.4 Å². The van der Waals surface area contributed by atoms with Gasteiger partial charge in [-0.15, -0.1) is 11.3 Å². The molecule has 1 N–H and O–H groups in total. The van der Waals surface area contributed by atoms with Gasteiger partial charge in [0.05, 0.1) is 5.56 Å². The number of nitrogens with one attached hydrogen (secondary N) is 1. The van der Waals surface area contributed by atoms with Gasteiger partial charge in [-0.2, -0.15) is 0 Å². The maximum absolute atomic E-state index is 11.8. The third-order valence-electron chi connectivity index (χ3n) is 2.29. The van der Waals surface area contributed by atoms with E-state index in [4.69, 9.17) is 0 Å². The van der Waals surface area contributed by atoms with E-state index in [1.54, 1.807) is 11.3 Å². The normalized spacial score (nSPS) is 10.7. The molecule has 0 bridgehead atoms. The second kappa shape index (κ2) is 5.31. The molecular formula is C12H19NOS. The van der Waals surface area contributed by atoms with Crippen LogP contribution in [-0.2, 0) is 0 Å². The molecule has 0 atom stereocenters. The van der Waals surface area contributed by atoms with E-state index in [1.165, 1.54) is 4.88 Å². The Balaban J connectivity index is 2.50. The zero-order chi connectivity index (χ0) is 11.4. The number of hydrogen-bond donors (Lipinski definition) is 1. The standard InChI is InChI=1S/C12H19NOS/c1-8(2)5-6-13-12(14)11-7-9(3)15-10(11)4/h7-8H,5-6H2,1-4H3,(H,13,14). The van der Waals surface area contributed by atoms with Crippen LogP contribution in [-0.4, -0.2) is 12.5 Å². The zero-order valence-corrected chi connectivity index (χ0v) is 10.7. The number of hydrogen-bond acceptors (Lipinski definition) is 2. The van der Waals surface area contributed by atoms with E-state index in [9.17, 15) is 4.79 Å². The first kappa shape index (κ1) is 12.2. The van der Waals surface area contributed by atoms with Crippen molar-refractivity contribution in [1.82, 2.24) is 5.32 Å². The molecule has 2 nitrogen and oxygen atoms in total. The predicted molar refractivity (Wildman–Crippen MR) is 65.6 cm³/mol. The quantitative estimate of drug-likeness (QED) is 0.838. The van der Waals surface area contributed by atoms with Crippen molar-refractivity contribution >= 4 is 17.2 Å². The van der Waals surface area contributed by atoms with E-state index in [0.29, 0.717) is 5.92 Å². The topological polar surface area (TPSA) is 29.1 Å². The van der Waals surface area contributed by atoms with Gasteiger partial charge in [0.1, 0.15) is 0 Å². The molecule has 1 rings (SSSR count). The summed E-state index contributed by atoms with van der Waals surface area (Å²) in [4.78, 5) is 14.1. The number of carbonyl (C=O) groups excluding carboxylic acids is 1. The first-order valence-corrected chi connectivity index (χ1v) is 6.17. The second-order valence-electron chi connectivity index (χ2n) is 4.27. The molecule has 1 amide bonds. The molecule has 0 radical (unpaired) electrons. The first-order chi connectivity index (χ1) is 7.00. The molecule has 0 saturated carbocycles. The van der Waals surface area contributed by atoms with E-state index < -0.39 is 0 Å². The summed E-state index contributed by atoms with van der Waals surface area (Å²) in [6.45, 7) is 9.11. The fourth-order valence-electron chi connectivity index (χ4n) is 1.43. The van der Waals surface area contributed by atoms with E-state index >= 15 is 0 Å². The minimum Gasteiger partial charge on any atom is -0.352 e. The molecule has 0 unspecified atom stereocenters. The van der Waals surface area contributed by atoms with Crippen LogP contribution in [0.2, 0.25) is 0 Å². The van der Waals surface area contributed by atoms with Gasteiger partial charge in [-0.1, -0.05) is 13.8 Å². The van der Waals surface area contributed by atoms with Crippen molar-refractivity contribution in [3.8, 4) is 0 Å². The van der Waals surface area contributed by atoms with Crippen LogP contribution in [0.3, 0.4) is 0 Å². The molecular weight excluding hydrogens is 206 g/mol. The molecule has 1 aromatic rings. The summed E-state index contributed by atoms with van der Waals surface area (Å²) in [5.41, 5.74) is 0.834. The molecule has 0 aliphatic rings. The van der Waals surface area contributed by atoms with Gasteiger partial charge in [0.2, 0.25) is 0 Å². The number of thiophene rings is 1. The SMILES string of the molecule is Cc1cc(C(=O)NCCC(C)C)c(C)s1. The van der Waals surface area contributed by atoms with Crippen molar-refractivity contribution in [2.24, 2.45) is 5.92 Å². The number of aryl methyl sites for hydroxylation is 2. The maximum Gasteiger partial charge on any atom is 0.252 e. The highest BCUT2D eigenvalue weighted by molar-refractivity contribution is 7.12. The van der Waals surface area contributed by atoms with Gasteiger partial charge in [0.15, 0.2) is 0 Å². The monoisotopic (exact) mass is 225 g/mol. The second-order valence-corrected chi connectivity index (χ2v) is 5.73. The highest BCUT2D eigenvalue weighted by atomic mass is 32.1. The molecule has 0 spiro atoms. The van der Waals surface area contributed by atoms with Crippen LogP contribution in [0.25, 0.3) is 0 Å². The summed E-state index contributed by atoms with van der Waals surface area (Å²) in [6.07, 6.45) is 1.04. The molecule has 0 aliphatic carbocycles. The molecule has 1 aromatic heterocycles. The lowest BCUT2D eigenvalue weighted by atomic mass is 10.1. The fourth-order valence-corrected chi connectivity index (χ4v) is 2.35. The molecule has 84 valence electrons. The Kier molecular flexibility index (Phi) is 4.33. The lowest BCUT2D eigenvalue weighted by Gasteiger charge is -2.06. The Hall–Kier alpha value is -0.830. The van der Waals surface area contributed by atoms with E-state index in [1.807, 2.05) is 19.9 Å². The minimum absolute atomic E-state index is 0.0671. The number of carbonyl (C=O) groups is 1. The van der Waals surface area contributed by atoms with Gasteiger partial charge in [0.25, 0.3) is 5.91 Å². The Morgan fingerprint density at radius 2 is 2.13 bits per heavy atom. The highest BCUT2D eigenvalue weighted by Crippen LogP contribution is 2.20. The smallest absolute Gasteiger partial charge is 0.252 e. The third kappa shape index (κ3) is 3.67. The molecule has 15 heavy (non-hydrogen) atoms. The molecule has 0 saturated heterocycles. The lowest BCUT2D eigenvalue weighted by Crippen LogP contribution is -2.25. The molecule has 0 fully saturated rings. The predicted octanol–water partition coefficient (Wildman–Crippen LogP) is 3.14. The molecule has 0 aliphatic heterocycles. The van der Waals surface area contributed by atoms with Gasteiger partial charge < -0.3 is 5.32 Å². The van der Waals surface area contributed by atoms with Crippen LogP contribution in [0.1, 0.15) is 40.4 Å². The summed E-state index contributed by atoms with van der Waals surface area (Å²) in [7, 11) is 0. The van der Waals surface area contributed by atoms with Crippen LogP contribution < -0.4 is 5.32 Å². The maximum atomic E-state index is 11.8. The summed E-state index contributed by atoms with van der Waals surface area (Å²) >= 11 is 1.68. The molecule has 0 aromatic carbocycles. The van der Waals surface area contributed by atoms with Gasteiger partial charge in [-0.25, -0.2) is 0 Å². The van der Waals surface area contributed by atoms with Crippen LogP contribution in [0, 0.1) is 19.8 Å². The van der Waals surface area contributed by atoms with E-state index in [2.05, 4.69) is 19.2 Å². The summed E-state index contributed by atoms with van der Waals surface area (Å²) in [5.74, 6) is 0.702. The number of amides is 1. The lowest BCUT2D eigenvalue weighted by molar-refractivity contribution is 0.0952. The van der Waals surface area contributed by atoms with Crippen molar-refractivity contribution in [3.05, 3.63) is 21.4 Å². The zero-order valence-electron chi connectivity index (χ0n) is 9.89. The Morgan fingerprint density at radius 3 is 2.60 bits per heavy atom. The fraction of sp³-hybridized carbons (Fsp3) is 0.583. The highest BCUT2D eigenvalue weighted by Gasteiger charge is 2.10. The van der Waals surface area contributed by atoms with Crippen molar-refractivity contribution < 1.29 is 4.79 Å². The summed E-state index contributed by atoms with van der Waals surface area (Å²) in [5, 5.41) is 2.95. The van der Waals surface area contributed by atoms with Gasteiger partial charge >= 0.3 is 0 Å². The van der Waals surface area contributed by atoms with Crippen LogP contribution in [0.5, 0.6) is 0 Å². The third-order valence-corrected chi connectivity index (χ3v) is 3.26. The average Bonchev–Trinajstić information content (AvgIpc) is 2.44. The Morgan fingerprint density at radius 1 is 1.47 bits per heavy atom. The van der Waals surface area contributed by atoms with E-state index in [-0.39, 0.29) is 5.91 Å². The van der Waals surface area contributed by atoms with Crippen molar-refractivity contribution in [2.45, 2.75) is 34.1 Å². The molecule has 3 heteroatoms. The Bertz CT molecular complexity index is 341. The van der Waals surface area contributed by atoms with Gasteiger partial charge in [0, 0.05) is 16.3 Å². The minimum atomic E-state index is 0.0671. The van der Waals surface area contributed by atoms with Crippen LogP contribution >= 0.6 is 11.3 Å². The largest absolute Gasteiger partial charge is 0.352 e. The van der Waals surface area contributed by atoms with Crippen molar-refractivity contribution in [1.29, 1.82) is 0 Å². The van der Waals surface area contributed by atoms with Crippen molar-refractivity contribution in [2.75, 3.05) is 6.54 Å². The average molecular weight is 225 g/mol. The van der Waals surface area contributed by atoms with Crippen LogP contribution in [0.15, 0.2) is 6.07 Å². The summed E-state index contributed by atoms with van der Waals surface area (Å²) in [6, 6.07) is 1.96. The summed E-state index contributed by atoms with van der Waals surface area (Å²) < 4.78 is 0. The van der Waals surface area contributed by atoms with Crippen LogP contribution in [0.4, 0.5) is 0 Å². The van der Waals surface area contributed by atoms with Gasteiger partial charge in [-0.3, -0.25) is 4.79 Å². The first-order valence-electron chi connectivity index (χ1n) is 5.36. The molecule has 1 heterocycles. The van der Waals surface area contributed by atoms with Gasteiger partial charge in [-0.05, 0) is 32.3 Å². The van der Waals surface area contributed by atoms with Crippen molar-refractivity contribution in [3.63, 3.8) is 0 Å².